The van der Waals surface area contributed by atoms with Crippen LogP contribution >= 0.6 is 23.4 Å². The SMILES string of the molecule is O=C(COc1ccccc1)Nc1cccc(SCC(=O)Nc2ccc(F)c(Cl)c2)c1. The Labute approximate surface area is 182 Å². The summed E-state index contributed by atoms with van der Waals surface area (Å²) in [5, 5.41) is 5.37. The number of carbonyl (C=O) groups is 2. The van der Waals surface area contributed by atoms with Gasteiger partial charge in [-0.15, -0.1) is 11.8 Å². The van der Waals surface area contributed by atoms with Crippen molar-refractivity contribution in [3.8, 4) is 5.75 Å². The summed E-state index contributed by atoms with van der Waals surface area (Å²) in [5.41, 5.74) is 1.03. The fourth-order valence-electron chi connectivity index (χ4n) is 2.45. The first kappa shape index (κ1) is 21.7. The fourth-order valence-corrected chi connectivity index (χ4v) is 3.38. The van der Waals surface area contributed by atoms with E-state index >= 15 is 0 Å². The second kappa shape index (κ2) is 10.7. The van der Waals surface area contributed by atoms with Gasteiger partial charge in [-0.05, 0) is 48.5 Å². The van der Waals surface area contributed by atoms with Crippen molar-refractivity contribution in [2.45, 2.75) is 4.90 Å². The van der Waals surface area contributed by atoms with E-state index in [1.807, 2.05) is 24.3 Å². The molecule has 0 radical (unpaired) electrons. The van der Waals surface area contributed by atoms with Crippen molar-refractivity contribution in [3.63, 3.8) is 0 Å². The first-order valence-electron chi connectivity index (χ1n) is 8.95. The molecular formula is C22H18ClFN2O3S. The Morgan fingerprint density at radius 1 is 0.900 bits per heavy atom. The average molecular weight is 445 g/mol. The Bertz CT molecular complexity index is 1030. The van der Waals surface area contributed by atoms with E-state index in [2.05, 4.69) is 10.6 Å². The summed E-state index contributed by atoms with van der Waals surface area (Å²) in [6.45, 7) is -0.107. The van der Waals surface area contributed by atoms with Crippen molar-refractivity contribution >= 4 is 46.6 Å². The second-order valence-corrected chi connectivity index (χ2v) is 7.60. The topological polar surface area (TPSA) is 67.4 Å². The molecule has 2 N–H and O–H groups in total. The summed E-state index contributed by atoms with van der Waals surface area (Å²) in [5.74, 6) is -0.327. The van der Waals surface area contributed by atoms with Crippen LogP contribution in [0.5, 0.6) is 5.75 Å². The van der Waals surface area contributed by atoms with Gasteiger partial charge in [-0.3, -0.25) is 9.59 Å². The normalized spacial score (nSPS) is 10.3. The highest BCUT2D eigenvalue weighted by Crippen LogP contribution is 2.23. The molecule has 0 aliphatic heterocycles. The molecule has 0 unspecified atom stereocenters. The van der Waals surface area contributed by atoms with Crippen LogP contribution < -0.4 is 15.4 Å². The monoisotopic (exact) mass is 444 g/mol. The van der Waals surface area contributed by atoms with Crippen LogP contribution in [0.1, 0.15) is 0 Å². The number of nitrogens with one attached hydrogen (secondary N) is 2. The number of thioether (sulfide) groups is 1. The lowest BCUT2D eigenvalue weighted by atomic mass is 10.3. The molecule has 0 atom stereocenters. The molecular weight excluding hydrogens is 427 g/mol. The molecule has 0 fully saturated rings. The Hall–Kier alpha value is -3.03. The van der Waals surface area contributed by atoms with E-state index in [1.165, 1.54) is 30.0 Å². The average Bonchev–Trinajstić information content (AvgIpc) is 2.74. The smallest absolute Gasteiger partial charge is 0.262 e. The second-order valence-electron chi connectivity index (χ2n) is 6.14. The van der Waals surface area contributed by atoms with Crippen LogP contribution in [0.3, 0.4) is 0 Å². The number of hydrogen-bond donors (Lipinski definition) is 2. The molecule has 3 aromatic rings. The van der Waals surface area contributed by atoms with Gasteiger partial charge in [0, 0.05) is 16.3 Å². The van der Waals surface area contributed by atoms with Crippen molar-refractivity contribution in [3.05, 3.63) is 83.6 Å². The third-order valence-electron chi connectivity index (χ3n) is 3.80. The summed E-state index contributed by atoms with van der Waals surface area (Å²) in [4.78, 5) is 25.0. The molecule has 0 aliphatic carbocycles. The molecule has 0 aromatic heterocycles. The molecule has 3 aromatic carbocycles. The van der Waals surface area contributed by atoms with Crippen molar-refractivity contribution in [2.75, 3.05) is 23.0 Å². The van der Waals surface area contributed by atoms with E-state index in [-0.39, 0.29) is 29.2 Å². The summed E-state index contributed by atoms with van der Waals surface area (Å²) in [6, 6.07) is 20.2. The molecule has 0 saturated carbocycles. The van der Waals surface area contributed by atoms with Crippen LogP contribution in [-0.2, 0) is 9.59 Å². The highest BCUT2D eigenvalue weighted by atomic mass is 35.5. The molecule has 0 saturated heterocycles. The Morgan fingerprint density at radius 2 is 1.63 bits per heavy atom. The van der Waals surface area contributed by atoms with E-state index in [0.717, 1.165) is 4.90 Å². The summed E-state index contributed by atoms with van der Waals surface area (Å²) < 4.78 is 18.6. The molecule has 3 rings (SSSR count). The molecule has 0 aliphatic rings. The molecule has 0 spiro atoms. The number of rotatable bonds is 8. The summed E-state index contributed by atoms with van der Waals surface area (Å²) in [6.07, 6.45) is 0. The zero-order valence-corrected chi connectivity index (χ0v) is 17.3. The van der Waals surface area contributed by atoms with Gasteiger partial charge >= 0.3 is 0 Å². The van der Waals surface area contributed by atoms with Crippen LogP contribution in [0.2, 0.25) is 5.02 Å². The predicted octanol–water partition coefficient (Wildman–Crippen LogP) is 5.23. The van der Waals surface area contributed by atoms with Crippen molar-refractivity contribution in [2.24, 2.45) is 0 Å². The molecule has 5 nitrogen and oxygen atoms in total. The van der Waals surface area contributed by atoms with Gasteiger partial charge in [0.25, 0.3) is 5.91 Å². The zero-order chi connectivity index (χ0) is 21.3. The Kier molecular flexibility index (Phi) is 7.70. The van der Waals surface area contributed by atoms with Crippen LogP contribution in [-0.4, -0.2) is 24.2 Å². The predicted molar refractivity (Wildman–Crippen MR) is 118 cm³/mol. The van der Waals surface area contributed by atoms with Crippen LogP contribution in [0.15, 0.2) is 77.7 Å². The molecule has 154 valence electrons. The van der Waals surface area contributed by atoms with Gasteiger partial charge in [0.15, 0.2) is 6.61 Å². The minimum atomic E-state index is -0.544. The maximum absolute atomic E-state index is 13.2. The lowest BCUT2D eigenvalue weighted by molar-refractivity contribution is -0.118. The number of carbonyl (C=O) groups excluding carboxylic acids is 2. The fraction of sp³-hybridized carbons (Fsp3) is 0.0909. The van der Waals surface area contributed by atoms with Crippen molar-refractivity contribution < 1.29 is 18.7 Å². The standard InChI is InChI=1S/C22H18ClFN2O3S/c23-19-12-16(9-10-20(19)24)26-22(28)14-30-18-8-4-5-15(11-18)25-21(27)13-29-17-6-2-1-3-7-17/h1-12H,13-14H2,(H,25,27)(H,26,28). The summed E-state index contributed by atoms with van der Waals surface area (Å²) in [7, 11) is 0. The largest absolute Gasteiger partial charge is 0.484 e. The minimum absolute atomic E-state index is 0.0554. The lowest BCUT2D eigenvalue weighted by Gasteiger charge is -2.09. The number of halogens is 2. The number of amides is 2. The van der Waals surface area contributed by atoms with E-state index in [0.29, 0.717) is 17.1 Å². The molecule has 0 bridgehead atoms. The number of anilines is 2. The van der Waals surface area contributed by atoms with Gasteiger partial charge in [0.1, 0.15) is 11.6 Å². The molecule has 0 heterocycles. The third kappa shape index (κ3) is 6.79. The van der Waals surface area contributed by atoms with Gasteiger partial charge in [-0.25, -0.2) is 4.39 Å². The highest BCUT2D eigenvalue weighted by Gasteiger charge is 2.08. The lowest BCUT2D eigenvalue weighted by Crippen LogP contribution is -2.20. The van der Waals surface area contributed by atoms with Crippen LogP contribution in [0.4, 0.5) is 15.8 Å². The van der Waals surface area contributed by atoms with E-state index in [4.69, 9.17) is 16.3 Å². The van der Waals surface area contributed by atoms with Gasteiger partial charge in [0.2, 0.25) is 5.91 Å². The van der Waals surface area contributed by atoms with Crippen molar-refractivity contribution in [1.29, 1.82) is 0 Å². The Morgan fingerprint density at radius 3 is 2.40 bits per heavy atom. The maximum Gasteiger partial charge on any atom is 0.262 e. The van der Waals surface area contributed by atoms with Gasteiger partial charge in [-0.2, -0.15) is 0 Å². The minimum Gasteiger partial charge on any atom is -0.484 e. The number of benzene rings is 3. The van der Waals surface area contributed by atoms with E-state index in [9.17, 15) is 14.0 Å². The molecule has 2 amide bonds. The van der Waals surface area contributed by atoms with E-state index < -0.39 is 5.82 Å². The van der Waals surface area contributed by atoms with Gasteiger partial charge < -0.3 is 15.4 Å². The quantitative estimate of drug-likeness (QED) is 0.467. The molecule has 30 heavy (non-hydrogen) atoms. The van der Waals surface area contributed by atoms with Crippen molar-refractivity contribution in [1.82, 2.24) is 0 Å². The third-order valence-corrected chi connectivity index (χ3v) is 5.09. The maximum atomic E-state index is 13.2. The number of para-hydroxylation sites is 1. The first-order chi connectivity index (χ1) is 14.5. The highest BCUT2D eigenvalue weighted by molar-refractivity contribution is 8.00. The summed E-state index contributed by atoms with van der Waals surface area (Å²) >= 11 is 7.02. The molecule has 8 heteroatoms. The Balaban J connectivity index is 1.48. The first-order valence-corrected chi connectivity index (χ1v) is 10.3. The van der Waals surface area contributed by atoms with Gasteiger partial charge in [-0.1, -0.05) is 35.9 Å². The van der Waals surface area contributed by atoms with Crippen LogP contribution in [0, 0.1) is 5.82 Å². The van der Waals surface area contributed by atoms with E-state index in [1.54, 1.807) is 30.3 Å². The number of hydrogen-bond acceptors (Lipinski definition) is 4. The van der Waals surface area contributed by atoms with Gasteiger partial charge in [0.05, 0.1) is 10.8 Å². The number of ether oxygens (including phenoxy) is 1. The zero-order valence-electron chi connectivity index (χ0n) is 15.7. The van der Waals surface area contributed by atoms with Crippen LogP contribution in [0.25, 0.3) is 0 Å².